The third-order valence-electron chi connectivity index (χ3n) is 3.41. The Morgan fingerprint density at radius 2 is 2.30 bits per heavy atom. The first-order valence-corrected chi connectivity index (χ1v) is 6.94. The van der Waals surface area contributed by atoms with Crippen molar-refractivity contribution in [1.29, 1.82) is 0 Å². The predicted octanol–water partition coefficient (Wildman–Crippen LogP) is 1.65. The van der Waals surface area contributed by atoms with Gasteiger partial charge in [-0.05, 0) is 25.1 Å². The molecule has 0 spiro atoms. The summed E-state index contributed by atoms with van der Waals surface area (Å²) in [7, 11) is 1.60. The fourth-order valence-corrected chi connectivity index (χ4v) is 2.67. The molecule has 1 aromatic rings. The van der Waals surface area contributed by atoms with E-state index in [-0.39, 0.29) is 12.4 Å². The van der Waals surface area contributed by atoms with E-state index in [1.807, 2.05) is 12.1 Å². The van der Waals surface area contributed by atoms with E-state index in [1.165, 1.54) is 0 Å². The second kappa shape index (κ2) is 6.43. The molecule has 0 aliphatic carbocycles. The maximum atomic E-state index is 11.9. The lowest BCUT2D eigenvalue weighted by Crippen LogP contribution is -2.42. The Morgan fingerprint density at radius 1 is 1.50 bits per heavy atom. The monoisotopic (exact) mass is 298 g/mol. The number of carbonyl (C=O) groups excluding carboxylic acids is 1. The maximum Gasteiger partial charge on any atom is 0.308 e. The van der Waals surface area contributed by atoms with Crippen LogP contribution in [-0.4, -0.2) is 32.9 Å². The molecule has 1 aromatic carbocycles. The number of ether oxygens (including phenoxy) is 2. The van der Waals surface area contributed by atoms with Crippen LogP contribution in [0.1, 0.15) is 18.9 Å². The number of rotatable bonds is 5. The molecule has 2 rings (SSSR count). The van der Waals surface area contributed by atoms with Crippen LogP contribution in [0.5, 0.6) is 5.75 Å². The Bertz CT molecular complexity index is 487. The van der Waals surface area contributed by atoms with Gasteiger partial charge in [-0.2, -0.15) is 0 Å². The van der Waals surface area contributed by atoms with Gasteiger partial charge in [0.1, 0.15) is 5.75 Å². The zero-order chi connectivity index (χ0) is 14.6. The van der Waals surface area contributed by atoms with Gasteiger partial charge in [-0.1, -0.05) is 11.6 Å². The molecule has 5 nitrogen and oxygen atoms in total. The largest absolute Gasteiger partial charge is 0.496 e. The van der Waals surface area contributed by atoms with Crippen LogP contribution in [0.3, 0.4) is 0 Å². The molecule has 2 N–H and O–H groups in total. The third kappa shape index (κ3) is 3.06. The summed E-state index contributed by atoms with van der Waals surface area (Å²) in [6.07, 6.45) is 0.227. The molecule has 1 atom stereocenters. The molecule has 6 heteroatoms. The van der Waals surface area contributed by atoms with Crippen molar-refractivity contribution in [3.63, 3.8) is 0 Å². The molecule has 110 valence electrons. The summed E-state index contributed by atoms with van der Waals surface area (Å²) in [6.45, 7) is 3.40. The number of halogens is 1. The molecule has 0 amide bonds. The van der Waals surface area contributed by atoms with Crippen molar-refractivity contribution in [3.8, 4) is 5.75 Å². The molecular formula is C14H19ClN2O3. The standard InChI is InChI=1S/C14H19ClN2O3/c1-3-20-13(18)7-14(8-16-9-17-14)11-6-10(15)4-5-12(11)19-2/h4-6,16-17H,3,7-9H2,1-2H3. The Hall–Kier alpha value is -1.30. The van der Waals surface area contributed by atoms with Crippen LogP contribution < -0.4 is 15.4 Å². The van der Waals surface area contributed by atoms with Crippen LogP contribution in [-0.2, 0) is 15.1 Å². The summed E-state index contributed by atoms with van der Waals surface area (Å²) in [5.41, 5.74) is 0.313. The molecule has 1 aliphatic heterocycles. The van der Waals surface area contributed by atoms with Crippen molar-refractivity contribution in [2.24, 2.45) is 0 Å². The summed E-state index contributed by atoms with van der Waals surface area (Å²) < 4.78 is 10.5. The van der Waals surface area contributed by atoms with E-state index in [2.05, 4.69) is 10.6 Å². The van der Waals surface area contributed by atoms with Gasteiger partial charge in [0, 0.05) is 23.8 Å². The van der Waals surface area contributed by atoms with Crippen molar-refractivity contribution in [3.05, 3.63) is 28.8 Å². The van der Waals surface area contributed by atoms with E-state index in [9.17, 15) is 4.79 Å². The first kappa shape index (κ1) is 15.1. The SMILES string of the molecule is CCOC(=O)CC1(c2cc(Cl)ccc2OC)CNCN1. The fourth-order valence-electron chi connectivity index (χ4n) is 2.49. The second-order valence-electron chi connectivity index (χ2n) is 4.69. The minimum absolute atomic E-state index is 0.227. The van der Waals surface area contributed by atoms with Gasteiger partial charge in [0.05, 0.1) is 25.7 Å². The Labute approximate surface area is 123 Å². The van der Waals surface area contributed by atoms with Crippen LogP contribution >= 0.6 is 11.6 Å². The smallest absolute Gasteiger partial charge is 0.308 e. The maximum absolute atomic E-state index is 11.9. The van der Waals surface area contributed by atoms with Crippen LogP contribution in [0.15, 0.2) is 18.2 Å². The first-order chi connectivity index (χ1) is 9.61. The lowest BCUT2D eigenvalue weighted by molar-refractivity contribution is -0.144. The predicted molar refractivity (Wildman–Crippen MR) is 76.9 cm³/mol. The molecule has 1 aliphatic rings. The number of hydrogen-bond acceptors (Lipinski definition) is 5. The summed E-state index contributed by atoms with van der Waals surface area (Å²) >= 11 is 6.09. The van der Waals surface area contributed by atoms with Gasteiger partial charge in [-0.25, -0.2) is 0 Å². The molecule has 20 heavy (non-hydrogen) atoms. The summed E-state index contributed by atoms with van der Waals surface area (Å²) in [6, 6.07) is 5.41. The van der Waals surface area contributed by atoms with Crippen molar-refractivity contribution >= 4 is 17.6 Å². The topological polar surface area (TPSA) is 59.6 Å². The van der Waals surface area contributed by atoms with Crippen molar-refractivity contribution in [2.75, 3.05) is 26.9 Å². The minimum Gasteiger partial charge on any atom is -0.496 e. The van der Waals surface area contributed by atoms with Gasteiger partial charge >= 0.3 is 5.97 Å². The highest BCUT2D eigenvalue weighted by atomic mass is 35.5. The molecule has 1 saturated heterocycles. The van der Waals surface area contributed by atoms with Crippen LogP contribution in [0.4, 0.5) is 0 Å². The highest BCUT2D eigenvalue weighted by Gasteiger charge is 2.40. The lowest BCUT2D eigenvalue weighted by atomic mass is 9.86. The van der Waals surface area contributed by atoms with E-state index in [1.54, 1.807) is 20.1 Å². The number of nitrogens with one attached hydrogen (secondary N) is 2. The molecule has 0 aromatic heterocycles. The number of benzene rings is 1. The van der Waals surface area contributed by atoms with Crippen molar-refractivity contribution in [2.45, 2.75) is 18.9 Å². The van der Waals surface area contributed by atoms with Crippen LogP contribution in [0.25, 0.3) is 0 Å². The van der Waals surface area contributed by atoms with E-state index in [0.29, 0.717) is 30.6 Å². The van der Waals surface area contributed by atoms with Gasteiger partial charge in [-0.15, -0.1) is 0 Å². The zero-order valence-corrected chi connectivity index (χ0v) is 12.4. The van der Waals surface area contributed by atoms with Gasteiger partial charge in [-0.3, -0.25) is 10.1 Å². The van der Waals surface area contributed by atoms with E-state index in [4.69, 9.17) is 21.1 Å². The normalized spacial score (nSPS) is 21.8. The summed E-state index contributed by atoms with van der Waals surface area (Å²) in [4.78, 5) is 11.9. The Morgan fingerprint density at radius 3 is 2.90 bits per heavy atom. The molecular weight excluding hydrogens is 280 g/mol. The van der Waals surface area contributed by atoms with E-state index < -0.39 is 5.54 Å². The highest BCUT2D eigenvalue weighted by molar-refractivity contribution is 6.30. The van der Waals surface area contributed by atoms with E-state index in [0.717, 1.165) is 5.56 Å². The fraction of sp³-hybridized carbons (Fsp3) is 0.500. The Kier molecular flexibility index (Phi) is 4.86. The van der Waals surface area contributed by atoms with Crippen molar-refractivity contribution < 1.29 is 14.3 Å². The number of methoxy groups -OCH3 is 1. The molecule has 0 radical (unpaired) electrons. The highest BCUT2D eigenvalue weighted by Crippen LogP contribution is 2.36. The third-order valence-corrected chi connectivity index (χ3v) is 3.64. The summed E-state index contributed by atoms with van der Waals surface area (Å²) in [5, 5.41) is 7.15. The molecule has 1 heterocycles. The number of carbonyl (C=O) groups is 1. The minimum atomic E-state index is -0.553. The van der Waals surface area contributed by atoms with Crippen LogP contribution in [0.2, 0.25) is 5.02 Å². The molecule has 1 unspecified atom stereocenters. The van der Waals surface area contributed by atoms with Gasteiger partial charge in [0.2, 0.25) is 0 Å². The quantitative estimate of drug-likeness (QED) is 0.810. The van der Waals surface area contributed by atoms with Crippen LogP contribution in [0, 0.1) is 0 Å². The number of hydrogen-bond donors (Lipinski definition) is 2. The lowest BCUT2D eigenvalue weighted by Gasteiger charge is -2.30. The average Bonchev–Trinajstić information content (AvgIpc) is 2.88. The molecule has 0 bridgehead atoms. The number of esters is 1. The molecule has 1 fully saturated rings. The first-order valence-electron chi connectivity index (χ1n) is 6.56. The zero-order valence-electron chi connectivity index (χ0n) is 11.7. The van der Waals surface area contributed by atoms with Gasteiger partial charge in [0.15, 0.2) is 0 Å². The van der Waals surface area contributed by atoms with Crippen molar-refractivity contribution in [1.82, 2.24) is 10.6 Å². The summed E-state index contributed by atoms with van der Waals surface area (Å²) in [5.74, 6) is 0.459. The molecule has 0 saturated carbocycles. The van der Waals surface area contributed by atoms with E-state index >= 15 is 0 Å². The second-order valence-corrected chi connectivity index (χ2v) is 5.13. The van der Waals surface area contributed by atoms with Gasteiger partial charge in [0.25, 0.3) is 0 Å². The average molecular weight is 299 g/mol. The Balaban J connectivity index is 2.37. The van der Waals surface area contributed by atoms with Gasteiger partial charge < -0.3 is 14.8 Å².